The molecular formula is C23H27NO5S. The Balaban J connectivity index is 1.92. The summed E-state index contributed by atoms with van der Waals surface area (Å²) >= 11 is 0. The van der Waals surface area contributed by atoms with Crippen LogP contribution in [0, 0.1) is 5.41 Å². The van der Waals surface area contributed by atoms with Gasteiger partial charge in [0.25, 0.3) is 0 Å². The number of ketones is 1. The number of rotatable bonds is 7. The van der Waals surface area contributed by atoms with Crippen molar-refractivity contribution in [1.29, 1.82) is 0 Å². The fraction of sp³-hybridized carbons (Fsp3) is 0.391. The van der Waals surface area contributed by atoms with Crippen molar-refractivity contribution in [2.75, 3.05) is 19.7 Å². The number of benzene rings is 2. The zero-order valence-electron chi connectivity index (χ0n) is 17.3. The molecule has 0 N–H and O–H groups in total. The molecule has 0 bridgehead atoms. The van der Waals surface area contributed by atoms with Gasteiger partial charge in [0.05, 0.1) is 16.9 Å². The van der Waals surface area contributed by atoms with Crippen LogP contribution < -0.4 is 0 Å². The Labute approximate surface area is 177 Å². The number of nitrogens with zero attached hydrogens (tertiary/aromatic N) is 1. The number of hydrogen-bond acceptors (Lipinski definition) is 5. The molecule has 160 valence electrons. The van der Waals surface area contributed by atoms with Gasteiger partial charge in [0, 0.05) is 18.7 Å². The predicted octanol–water partition coefficient (Wildman–Crippen LogP) is 3.47. The van der Waals surface area contributed by atoms with Crippen LogP contribution in [0.25, 0.3) is 0 Å². The highest BCUT2D eigenvalue weighted by atomic mass is 32.2. The van der Waals surface area contributed by atoms with Crippen molar-refractivity contribution in [2.24, 2.45) is 5.41 Å². The predicted molar refractivity (Wildman–Crippen MR) is 114 cm³/mol. The molecular weight excluding hydrogens is 402 g/mol. The van der Waals surface area contributed by atoms with Gasteiger partial charge in [0.1, 0.15) is 0 Å². The third kappa shape index (κ3) is 4.63. The van der Waals surface area contributed by atoms with Gasteiger partial charge in [-0.15, -0.1) is 0 Å². The molecule has 2 aromatic carbocycles. The Morgan fingerprint density at radius 1 is 1.07 bits per heavy atom. The molecule has 6 nitrogen and oxygen atoms in total. The van der Waals surface area contributed by atoms with E-state index in [0.717, 1.165) is 5.56 Å². The SMILES string of the molecule is CCOC(=O)[C@@]1(Cc2ccccc2)CCCN(S(=O)(=O)c2ccc(C(C)=O)cc2)C1. The number of hydrogen-bond donors (Lipinski definition) is 0. The Hall–Kier alpha value is -2.51. The first kappa shape index (κ1) is 22.2. The minimum atomic E-state index is -3.80. The van der Waals surface area contributed by atoms with Crippen LogP contribution in [0.15, 0.2) is 59.5 Å². The molecule has 0 amide bonds. The maximum Gasteiger partial charge on any atom is 0.313 e. The number of sulfonamides is 1. The first-order chi connectivity index (χ1) is 14.3. The first-order valence-corrected chi connectivity index (χ1v) is 11.5. The van der Waals surface area contributed by atoms with Crippen LogP contribution in [0.4, 0.5) is 0 Å². The molecule has 0 spiro atoms. The Bertz CT molecular complexity index is 1000. The lowest BCUT2D eigenvalue weighted by molar-refractivity contribution is -0.157. The lowest BCUT2D eigenvalue weighted by atomic mass is 9.75. The van der Waals surface area contributed by atoms with Crippen molar-refractivity contribution >= 4 is 21.8 Å². The summed E-state index contributed by atoms with van der Waals surface area (Å²) in [6.45, 7) is 3.84. The normalized spacial score (nSPS) is 19.9. The molecule has 1 saturated heterocycles. The molecule has 1 aliphatic heterocycles. The maximum absolute atomic E-state index is 13.3. The maximum atomic E-state index is 13.3. The number of Topliss-reactive ketones (excluding diaryl/α,β-unsaturated/α-hetero) is 1. The second kappa shape index (κ2) is 9.10. The van der Waals surface area contributed by atoms with Crippen molar-refractivity contribution in [3.05, 3.63) is 65.7 Å². The van der Waals surface area contributed by atoms with Gasteiger partial charge in [0.15, 0.2) is 5.78 Å². The van der Waals surface area contributed by atoms with Gasteiger partial charge in [-0.05, 0) is 50.8 Å². The lowest BCUT2D eigenvalue weighted by Gasteiger charge is -2.40. The second-order valence-corrected chi connectivity index (χ2v) is 9.62. The van der Waals surface area contributed by atoms with Gasteiger partial charge in [-0.2, -0.15) is 4.31 Å². The lowest BCUT2D eigenvalue weighted by Crippen LogP contribution is -2.51. The molecule has 0 unspecified atom stereocenters. The molecule has 0 radical (unpaired) electrons. The van der Waals surface area contributed by atoms with E-state index in [1.807, 2.05) is 30.3 Å². The van der Waals surface area contributed by atoms with E-state index in [4.69, 9.17) is 4.74 Å². The summed E-state index contributed by atoms with van der Waals surface area (Å²) in [5, 5.41) is 0. The number of ether oxygens (including phenoxy) is 1. The van der Waals surface area contributed by atoms with E-state index < -0.39 is 15.4 Å². The summed E-state index contributed by atoms with van der Waals surface area (Å²) in [6, 6.07) is 15.5. The van der Waals surface area contributed by atoms with E-state index in [0.29, 0.717) is 31.4 Å². The number of piperidine rings is 1. The molecule has 1 fully saturated rings. The van der Waals surface area contributed by atoms with E-state index in [1.54, 1.807) is 6.92 Å². The van der Waals surface area contributed by atoms with Crippen molar-refractivity contribution in [1.82, 2.24) is 4.31 Å². The molecule has 3 rings (SSSR count). The van der Waals surface area contributed by atoms with Crippen LogP contribution in [0.1, 0.15) is 42.6 Å². The van der Waals surface area contributed by atoms with Gasteiger partial charge >= 0.3 is 5.97 Å². The molecule has 2 aromatic rings. The van der Waals surface area contributed by atoms with Gasteiger partial charge in [-0.25, -0.2) is 8.42 Å². The van der Waals surface area contributed by atoms with Gasteiger partial charge in [-0.1, -0.05) is 42.5 Å². The van der Waals surface area contributed by atoms with Gasteiger partial charge < -0.3 is 4.74 Å². The van der Waals surface area contributed by atoms with Crippen molar-refractivity contribution in [3.63, 3.8) is 0 Å². The topological polar surface area (TPSA) is 80.8 Å². The van der Waals surface area contributed by atoms with Crippen molar-refractivity contribution < 1.29 is 22.7 Å². The van der Waals surface area contributed by atoms with Crippen LogP contribution in [-0.4, -0.2) is 44.2 Å². The highest BCUT2D eigenvalue weighted by Crippen LogP contribution is 2.37. The Morgan fingerprint density at radius 2 is 1.73 bits per heavy atom. The van der Waals surface area contributed by atoms with Crippen LogP contribution in [-0.2, 0) is 26.0 Å². The third-order valence-electron chi connectivity index (χ3n) is 5.53. The molecule has 30 heavy (non-hydrogen) atoms. The minimum Gasteiger partial charge on any atom is -0.466 e. The third-order valence-corrected chi connectivity index (χ3v) is 7.39. The van der Waals surface area contributed by atoms with Gasteiger partial charge in [0.2, 0.25) is 10.0 Å². The molecule has 0 saturated carbocycles. The standard InChI is InChI=1S/C23H27NO5S/c1-3-29-22(26)23(16-19-8-5-4-6-9-19)14-7-15-24(17-23)30(27,28)21-12-10-20(11-13-21)18(2)25/h4-6,8-13H,3,7,14-17H2,1-2H3/t23-/m1/s1. The molecule has 1 aliphatic rings. The average molecular weight is 430 g/mol. The van der Waals surface area contributed by atoms with Crippen LogP contribution in [0.2, 0.25) is 0 Å². The van der Waals surface area contributed by atoms with E-state index in [1.165, 1.54) is 35.5 Å². The largest absolute Gasteiger partial charge is 0.466 e. The summed E-state index contributed by atoms with van der Waals surface area (Å²) < 4.78 is 33.3. The van der Waals surface area contributed by atoms with E-state index in [-0.39, 0.29) is 29.8 Å². The quantitative estimate of drug-likeness (QED) is 0.497. The monoisotopic (exact) mass is 429 g/mol. The van der Waals surface area contributed by atoms with Crippen molar-refractivity contribution in [3.8, 4) is 0 Å². The van der Waals surface area contributed by atoms with Crippen LogP contribution in [0.3, 0.4) is 0 Å². The number of carbonyl (C=O) groups is 2. The summed E-state index contributed by atoms with van der Waals surface area (Å²) in [4.78, 5) is 24.6. The average Bonchev–Trinajstić information content (AvgIpc) is 2.75. The fourth-order valence-corrected chi connectivity index (χ4v) is 5.52. The molecule has 0 aromatic heterocycles. The smallest absolute Gasteiger partial charge is 0.313 e. The zero-order valence-corrected chi connectivity index (χ0v) is 18.2. The molecule has 1 atom stereocenters. The first-order valence-electron chi connectivity index (χ1n) is 10.1. The Morgan fingerprint density at radius 3 is 2.33 bits per heavy atom. The highest BCUT2D eigenvalue weighted by molar-refractivity contribution is 7.89. The van der Waals surface area contributed by atoms with E-state index in [9.17, 15) is 18.0 Å². The summed E-state index contributed by atoms with van der Waals surface area (Å²) in [5.41, 5.74) is 0.496. The summed E-state index contributed by atoms with van der Waals surface area (Å²) in [6.07, 6.45) is 1.55. The van der Waals surface area contributed by atoms with Crippen molar-refractivity contribution in [2.45, 2.75) is 38.0 Å². The second-order valence-electron chi connectivity index (χ2n) is 7.69. The number of carbonyl (C=O) groups excluding carboxylic acids is 2. The molecule has 0 aliphatic carbocycles. The Kier molecular flexibility index (Phi) is 6.73. The number of esters is 1. The summed E-state index contributed by atoms with van der Waals surface area (Å²) in [7, 11) is -3.80. The van der Waals surface area contributed by atoms with Gasteiger partial charge in [-0.3, -0.25) is 9.59 Å². The minimum absolute atomic E-state index is 0.0670. The van der Waals surface area contributed by atoms with E-state index >= 15 is 0 Å². The van der Waals surface area contributed by atoms with Crippen LogP contribution in [0.5, 0.6) is 0 Å². The molecule has 7 heteroatoms. The zero-order chi connectivity index (χ0) is 21.8. The van der Waals surface area contributed by atoms with E-state index in [2.05, 4.69) is 0 Å². The fourth-order valence-electron chi connectivity index (χ4n) is 3.96. The van der Waals surface area contributed by atoms with Crippen LogP contribution >= 0.6 is 0 Å². The molecule has 1 heterocycles. The summed E-state index contributed by atoms with van der Waals surface area (Å²) in [5.74, 6) is -0.484. The highest BCUT2D eigenvalue weighted by Gasteiger charge is 2.46.